The molecule has 0 saturated carbocycles. The molecular weight excluding hydrogens is 494 g/mol. The van der Waals surface area contributed by atoms with Gasteiger partial charge in [-0.15, -0.1) is 11.3 Å². The fraction of sp³-hybridized carbons (Fsp3) is 0.167. The van der Waals surface area contributed by atoms with Gasteiger partial charge in [0.15, 0.2) is 0 Å². The standard InChI is InChI=1S/C12H10Br3NO2S2/c1-6-3-8(13)12(9(14)4-6)16-20(17,18)10-5-11(15)19-7(10)2/h3-5,16H,1-2H3. The molecule has 0 unspecified atom stereocenters. The number of halogens is 3. The number of hydrogen-bond acceptors (Lipinski definition) is 3. The Balaban J connectivity index is 2.46. The van der Waals surface area contributed by atoms with Gasteiger partial charge in [0, 0.05) is 13.8 Å². The highest BCUT2D eigenvalue weighted by Gasteiger charge is 2.21. The second-order valence-electron chi connectivity index (χ2n) is 4.18. The van der Waals surface area contributed by atoms with E-state index in [1.807, 2.05) is 19.1 Å². The van der Waals surface area contributed by atoms with Crippen LogP contribution in [-0.4, -0.2) is 8.42 Å². The molecule has 0 spiro atoms. The molecule has 0 bridgehead atoms. The Hall–Kier alpha value is 0.110. The number of nitrogens with one attached hydrogen (secondary N) is 1. The van der Waals surface area contributed by atoms with Crippen molar-refractivity contribution in [1.82, 2.24) is 0 Å². The molecule has 20 heavy (non-hydrogen) atoms. The highest BCUT2D eigenvalue weighted by molar-refractivity contribution is 9.11. The molecule has 1 N–H and O–H groups in total. The molecule has 0 radical (unpaired) electrons. The fourth-order valence-corrected chi connectivity index (χ4v) is 7.08. The predicted molar refractivity (Wildman–Crippen MR) is 94.1 cm³/mol. The number of aryl methyl sites for hydroxylation is 2. The van der Waals surface area contributed by atoms with Crippen LogP contribution < -0.4 is 4.72 Å². The lowest BCUT2D eigenvalue weighted by Gasteiger charge is -2.12. The Morgan fingerprint density at radius 3 is 2.05 bits per heavy atom. The van der Waals surface area contributed by atoms with E-state index in [9.17, 15) is 8.42 Å². The van der Waals surface area contributed by atoms with E-state index < -0.39 is 10.0 Å². The SMILES string of the molecule is Cc1cc(Br)c(NS(=O)(=O)c2cc(Br)sc2C)c(Br)c1. The Morgan fingerprint density at radius 1 is 1.05 bits per heavy atom. The number of benzene rings is 1. The molecule has 8 heteroatoms. The van der Waals surface area contributed by atoms with Gasteiger partial charge in [-0.2, -0.15) is 0 Å². The molecule has 1 aromatic carbocycles. The van der Waals surface area contributed by atoms with Crippen molar-refractivity contribution >= 4 is 74.8 Å². The molecule has 0 aliphatic rings. The third kappa shape index (κ3) is 3.47. The van der Waals surface area contributed by atoms with Gasteiger partial charge in [-0.25, -0.2) is 8.42 Å². The summed E-state index contributed by atoms with van der Waals surface area (Å²) in [4.78, 5) is 1.03. The number of hydrogen-bond donors (Lipinski definition) is 1. The zero-order valence-electron chi connectivity index (χ0n) is 10.5. The van der Waals surface area contributed by atoms with Gasteiger partial charge < -0.3 is 0 Å². The smallest absolute Gasteiger partial charge is 0.263 e. The van der Waals surface area contributed by atoms with E-state index in [0.717, 1.165) is 14.2 Å². The van der Waals surface area contributed by atoms with Crippen LogP contribution in [0.4, 0.5) is 5.69 Å². The summed E-state index contributed by atoms with van der Waals surface area (Å²) in [6, 6.07) is 5.33. The van der Waals surface area contributed by atoms with Crippen molar-refractivity contribution in [2.24, 2.45) is 0 Å². The van der Waals surface area contributed by atoms with E-state index in [-0.39, 0.29) is 4.90 Å². The van der Waals surface area contributed by atoms with Gasteiger partial charge in [0.05, 0.1) is 9.47 Å². The molecule has 0 fully saturated rings. The van der Waals surface area contributed by atoms with Crippen LogP contribution in [0.3, 0.4) is 0 Å². The van der Waals surface area contributed by atoms with Crippen molar-refractivity contribution in [3.8, 4) is 0 Å². The Morgan fingerprint density at radius 2 is 1.60 bits per heavy atom. The van der Waals surface area contributed by atoms with Crippen LogP contribution in [0, 0.1) is 13.8 Å². The number of rotatable bonds is 3. The average Bonchev–Trinajstić information content (AvgIpc) is 2.64. The molecule has 0 aliphatic carbocycles. The molecule has 0 saturated heterocycles. The topological polar surface area (TPSA) is 46.2 Å². The van der Waals surface area contributed by atoms with E-state index in [2.05, 4.69) is 52.5 Å². The number of sulfonamides is 1. The van der Waals surface area contributed by atoms with Gasteiger partial charge >= 0.3 is 0 Å². The molecule has 1 aromatic heterocycles. The Labute approximate surface area is 147 Å². The summed E-state index contributed by atoms with van der Waals surface area (Å²) in [5, 5.41) is 0. The minimum Gasteiger partial charge on any atom is -0.277 e. The van der Waals surface area contributed by atoms with E-state index in [1.54, 1.807) is 13.0 Å². The Bertz CT molecular complexity index is 746. The van der Waals surface area contributed by atoms with E-state index in [1.165, 1.54) is 11.3 Å². The van der Waals surface area contributed by atoms with Gasteiger partial charge in [0.2, 0.25) is 0 Å². The van der Waals surface area contributed by atoms with Crippen LogP contribution in [0.1, 0.15) is 10.4 Å². The third-order valence-corrected chi connectivity index (χ3v) is 6.96. The van der Waals surface area contributed by atoms with Crippen LogP contribution in [0.25, 0.3) is 0 Å². The molecule has 0 amide bonds. The second kappa shape index (κ2) is 6.08. The molecule has 0 aliphatic heterocycles. The summed E-state index contributed by atoms with van der Waals surface area (Å²) in [6.07, 6.45) is 0. The zero-order valence-corrected chi connectivity index (χ0v) is 16.9. The van der Waals surface area contributed by atoms with Gasteiger partial charge in [0.25, 0.3) is 10.0 Å². The summed E-state index contributed by atoms with van der Waals surface area (Å²) in [5.41, 5.74) is 1.53. The first kappa shape index (κ1) is 16.5. The molecule has 108 valence electrons. The normalized spacial score (nSPS) is 11.7. The molecular formula is C12H10Br3NO2S2. The molecule has 3 nitrogen and oxygen atoms in total. The van der Waals surface area contributed by atoms with Crippen molar-refractivity contribution in [3.63, 3.8) is 0 Å². The first-order valence-corrected chi connectivity index (χ1v) is 10.1. The van der Waals surface area contributed by atoms with Crippen molar-refractivity contribution < 1.29 is 8.42 Å². The van der Waals surface area contributed by atoms with Gasteiger partial charge in [-0.1, -0.05) is 0 Å². The van der Waals surface area contributed by atoms with Crippen molar-refractivity contribution in [2.45, 2.75) is 18.7 Å². The zero-order chi connectivity index (χ0) is 15.1. The lowest BCUT2D eigenvalue weighted by molar-refractivity contribution is 0.601. The molecule has 0 atom stereocenters. The van der Waals surface area contributed by atoms with Crippen molar-refractivity contribution in [2.75, 3.05) is 4.72 Å². The molecule has 2 aromatic rings. The maximum absolute atomic E-state index is 12.5. The fourth-order valence-electron chi connectivity index (χ4n) is 1.68. The highest BCUT2D eigenvalue weighted by Crippen LogP contribution is 2.36. The van der Waals surface area contributed by atoms with Crippen LogP contribution in [0.15, 0.2) is 35.8 Å². The van der Waals surface area contributed by atoms with Crippen LogP contribution in [0.5, 0.6) is 0 Å². The first-order valence-electron chi connectivity index (χ1n) is 5.45. The maximum Gasteiger partial charge on any atom is 0.263 e. The van der Waals surface area contributed by atoms with Gasteiger partial charge in [-0.3, -0.25) is 4.72 Å². The monoisotopic (exact) mass is 501 g/mol. The van der Waals surface area contributed by atoms with Gasteiger partial charge in [-0.05, 0) is 85.4 Å². The summed E-state index contributed by atoms with van der Waals surface area (Å²) in [6.45, 7) is 3.72. The van der Waals surface area contributed by atoms with E-state index in [4.69, 9.17) is 0 Å². The summed E-state index contributed by atoms with van der Waals surface area (Å²) >= 11 is 11.5. The highest BCUT2D eigenvalue weighted by atomic mass is 79.9. The predicted octanol–water partition coefficient (Wildman–Crippen LogP) is 5.45. The quantitative estimate of drug-likeness (QED) is 0.605. The van der Waals surface area contributed by atoms with E-state index >= 15 is 0 Å². The van der Waals surface area contributed by atoms with E-state index in [0.29, 0.717) is 14.6 Å². The Kier molecular flexibility index (Phi) is 5.01. The number of anilines is 1. The van der Waals surface area contributed by atoms with Crippen LogP contribution in [0.2, 0.25) is 0 Å². The summed E-state index contributed by atoms with van der Waals surface area (Å²) in [7, 11) is -3.61. The van der Waals surface area contributed by atoms with Gasteiger partial charge in [0.1, 0.15) is 4.90 Å². The summed E-state index contributed by atoms with van der Waals surface area (Å²) in [5.74, 6) is 0. The molecule has 2 rings (SSSR count). The summed E-state index contributed by atoms with van der Waals surface area (Å²) < 4.78 is 29.7. The minimum absolute atomic E-state index is 0.286. The number of thiophene rings is 1. The first-order chi connectivity index (χ1) is 9.20. The lowest BCUT2D eigenvalue weighted by atomic mass is 10.2. The third-order valence-electron chi connectivity index (χ3n) is 2.55. The molecule has 1 heterocycles. The van der Waals surface area contributed by atoms with Crippen molar-refractivity contribution in [1.29, 1.82) is 0 Å². The van der Waals surface area contributed by atoms with Crippen LogP contribution in [-0.2, 0) is 10.0 Å². The van der Waals surface area contributed by atoms with Crippen LogP contribution >= 0.6 is 59.1 Å². The second-order valence-corrected chi connectivity index (χ2v) is 10.2. The largest absolute Gasteiger partial charge is 0.277 e. The average molecular weight is 504 g/mol. The van der Waals surface area contributed by atoms with Crippen molar-refractivity contribution in [3.05, 3.63) is 41.4 Å². The minimum atomic E-state index is -3.61. The maximum atomic E-state index is 12.5. The lowest BCUT2D eigenvalue weighted by Crippen LogP contribution is -2.14.